The molecule has 0 amide bonds. The predicted octanol–water partition coefficient (Wildman–Crippen LogP) is 5.19. The summed E-state index contributed by atoms with van der Waals surface area (Å²) in [5.41, 5.74) is 3.93. The summed E-state index contributed by atoms with van der Waals surface area (Å²) in [4.78, 5) is 4.84. The van der Waals surface area contributed by atoms with E-state index in [0.29, 0.717) is 18.3 Å². The first kappa shape index (κ1) is 16.9. The van der Waals surface area contributed by atoms with Gasteiger partial charge in [0.05, 0.1) is 11.3 Å². The van der Waals surface area contributed by atoms with Crippen LogP contribution in [-0.2, 0) is 0 Å². The summed E-state index contributed by atoms with van der Waals surface area (Å²) in [5.74, 6) is 0.893. The SMILES string of the molecule is C/C(CC(C)(C)O)=N\c1c(C(C)C)cccc1C(C)C. The Labute approximate surface area is 124 Å². The Morgan fingerprint density at radius 3 is 1.90 bits per heavy atom. The predicted molar refractivity (Wildman–Crippen MR) is 88.3 cm³/mol. The monoisotopic (exact) mass is 275 g/mol. The van der Waals surface area contributed by atoms with Gasteiger partial charge in [-0.05, 0) is 43.7 Å². The Kier molecular flexibility index (Phi) is 5.52. The van der Waals surface area contributed by atoms with Gasteiger partial charge in [-0.25, -0.2) is 0 Å². The van der Waals surface area contributed by atoms with Crippen LogP contribution in [0.3, 0.4) is 0 Å². The van der Waals surface area contributed by atoms with Gasteiger partial charge in [0.1, 0.15) is 0 Å². The summed E-state index contributed by atoms with van der Waals surface area (Å²) >= 11 is 0. The van der Waals surface area contributed by atoms with Crippen molar-refractivity contribution in [1.82, 2.24) is 0 Å². The fraction of sp³-hybridized carbons (Fsp3) is 0.611. The van der Waals surface area contributed by atoms with Gasteiger partial charge in [0.25, 0.3) is 0 Å². The van der Waals surface area contributed by atoms with Crippen LogP contribution in [0.25, 0.3) is 0 Å². The summed E-state index contributed by atoms with van der Waals surface area (Å²) < 4.78 is 0. The second kappa shape index (κ2) is 6.53. The molecule has 20 heavy (non-hydrogen) atoms. The molecule has 0 bridgehead atoms. The largest absolute Gasteiger partial charge is 0.390 e. The van der Waals surface area contributed by atoms with Crippen LogP contribution < -0.4 is 0 Å². The minimum Gasteiger partial charge on any atom is -0.390 e. The number of nitrogens with zero attached hydrogens (tertiary/aromatic N) is 1. The first-order valence-corrected chi connectivity index (χ1v) is 7.51. The van der Waals surface area contributed by atoms with Gasteiger partial charge >= 0.3 is 0 Å². The van der Waals surface area contributed by atoms with Crippen molar-refractivity contribution < 1.29 is 5.11 Å². The lowest BCUT2D eigenvalue weighted by Gasteiger charge is -2.19. The lowest BCUT2D eigenvalue weighted by Crippen LogP contribution is -2.21. The number of aliphatic imine (C=N–C) groups is 1. The maximum atomic E-state index is 9.94. The zero-order valence-electron chi connectivity index (χ0n) is 14.0. The van der Waals surface area contributed by atoms with Crippen molar-refractivity contribution in [3.8, 4) is 0 Å². The van der Waals surface area contributed by atoms with Crippen molar-refractivity contribution in [2.45, 2.75) is 72.3 Å². The molecule has 0 saturated heterocycles. The average molecular weight is 275 g/mol. The van der Waals surface area contributed by atoms with Gasteiger partial charge in [0.15, 0.2) is 0 Å². The van der Waals surface area contributed by atoms with Crippen molar-refractivity contribution in [3.63, 3.8) is 0 Å². The maximum Gasteiger partial charge on any atom is 0.0698 e. The number of aliphatic hydroxyl groups is 1. The van der Waals surface area contributed by atoms with Gasteiger partial charge in [0.2, 0.25) is 0 Å². The first-order chi connectivity index (χ1) is 9.11. The van der Waals surface area contributed by atoms with E-state index in [1.807, 2.05) is 20.8 Å². The molecular weight excluding hydrogens is 246 g/mol. The van der Waals surface area contributed by atoms with Crippen molar-refractivity contribution in [2.24, 2.45) is 4.99 Å². The van der Waals surface area contributed by atoms with E-state index in [1.54, 1.807) is 0 Å². The normalized spacial score (nSPS) is 13.4. The number of rotatable bonds is 5. The molecule has 0 unspecified atom stereocenters. The van der Waals surface area contributed by atoms with E-state index in [0.717, 1.165) is 11.4 Å². The molecule has 0 aliphatic carbocycles. The fourth-order valence-electron chi connectivity index (χ4n) is 2.50. The summed E-state index contributed by atoms with van der Waals surface area (Å²) in [6.07, 6.45) is 0.594. The van der Waals surface area contributed by atoms with Crippen LogP contribution in [0.4, 0.5) is 5.69 Å². The third-order valence-electron chi connectivity index (χ3n) is 3.33. The Balaban J connectivity index is 3.30. The molecule has 0 radical (unpaired) electrons. The molecule has 1 aromatic carbocycles. The molecule has 0 aliphatic rings. The van der Waals surface area contributed by atoms with Crippen LogP contribution in [0, 0.1) is 0 Å². The first-order valence-electron chi connectivity index (χ1n) is 7.51. The standard InChI is InChI=1S/C18H29NO/c1-12(2)15-9-8-10-16(13(3)4)17(15)19-14(5)11-18(6,7)20/h8-10,12-13,20H,11H2,1-7H3/b19-14+. The summed E-state index contributed by atoms with van der Waals surface area (Å²) in [6.45, 7) is 14.4. The quantitative estimate of drug-likeness (QED) is 0.737. The number of para-hydroxylation sites is 1. The van der Waals surface area contributed by atoms with Crippen LogP contribution in [0.15, 0.2) is 23.2 Å². The molecule has 0 saturated carbocycles. The highest BCUT2D eigenvalue weighted by atomic mass is 16.3. The molecule has 1 N–H and O–H groups in total. The third-order valence-corrected chi connectivity index (χ3v) is 3.33. The van der Waals surface area contributed by atoms with E-state index in [1.165, 1.54) is 11.1 Å². The Hall–Kier alpha value is -1.15. The molecule has 2 nitrogen and oxygen atoms in total. The molecule has 0 spiro atoms. The molecule has 1 aromatic rings. The fourth-order valence-corrected chi connectivity index (χ4v) is 2.50. The van der Waals surface area contributed by atoms with Gasteiger partial charge in [-0.3, -0.25) is 4.99 Å². The Morgan fingerprint density at radius 1 is 1.10 bits per heavy atom. The maximum absolute atomic E-state index is 9.94. The van der Waals surface area contributed by atoms with Gasteiger partial charge in [-0.2, -0.15) is 0 Å². The number of benzene rings is 1. The van der Waals surface area contributed by atoms with Crippen molar-refractivity contribution in [2.75, 3.05) is 0 Å². The van der Waals surface area contributed by atoms with E-state index in [-0.39, 0.29) is 0 Å². The molecule has 0 atom stereocenters. The molecule has 1 rings (SSSR count). The summed E-state index contributed by atoms with van der Waals surface area (Å²) in [7, 11) is 0. The van der Waals surface area contributed by atoms with E-state index in [2.05, 4.69) is 45.9 Å². The van der Waals surface area contributed by atoms with Gasteiger partial charge < -0.3 is 5.11 Å². The highest BCUT2D eigenvalue weighted by Crippen LogP contribution is 2.35. The third kappa shape index (κ3) is 4.75. The average Bonchev–Trinajstić information content (AvgIpc) is 2.25. The molecule has 0 aromatic heterocycles. The van der Waals surface area contributed by atoms with E-state index in [9.17, 15) is 5.11 Å². The van der Waals surface area contributed by atoms with Gasteiger partial charge in [-0.1, -0.05) is 45.9 Å². The van der Waals surface area contributed by atoms with E-state index >= 15 is 0 Å². The smallest absolute Gasteiger partial charge is 0.0698 e. The lowest BCUT2D eigenvalue weighted by atomic mass is 9.92. The minimum absolute atomic E-state index is 0.447. The molecule has 2 heteroatoms. The van der Waals surface area contributed by atoms with Gasteiger partial charge in [-0.15, -0.1) is 0 Å². The van der Waals surface area contributed by atoms with E-state index < -0.39 is 5.60 Å². The summed E-state index contributed by atoms with van der Waals surface area (Å²) in [5, 5.41) is 9.94. The van der Waals surface area contributed by atoms with Crippen LogP contribution in [0.2, 0.25) is 0 Å². The number of hydrogen-bond acceptors (Lipinski definition) is 2. The van der Waals surface area contributed by atoms with Crippen LogP contribution in [0.1, 0.15) is 77.8 Å². The Morgan fingerprint density at radius 2 is 1.55 bits per heavy atom. The molecule has 0 aliphatic heterocycles. The van der Waals surface area contributed by atoms with Gasteiger partial charge in [0, 0.05) is 12.1 Å². The molecule has 112 valence electrons. The summed E-state index contributed by atoms with van der Waals surface area (Å²) in [6, 6.07) is 6.44. The van der Waals surface area contributed by atoms with Crippen LogP contribution >= 0.6 is 0 Å². The van der Waals surface area contributed by atoms with E-state index in [4.69, 9.17) is 4.99 Å². The second-order valence-electron chi connectivity index (χ2n) is 6.93. The van der Waals surface area contributed by atoms with Crippen molar-refractivity contribution in [3.05, 3.63) is 29.3 Å². The molecule has 0 fully saturated rings. The van der Waals surface area contributed by atoms with Crippen molar-refractivity contribution >= 4 is 11.4 Å². The zero-order chi connectivity index (χ0) is 15.5. The second-order valence-corrected chi connectivity index (χ2v) is 6.93. The lowest BCUT2D eigenvalue weighted by molar-refractivity contribution is 0.0885. The molecule has 0 heterocycles. The number of hydrogen-bond donors (Lipinski definition) is 1. The highest BCUT2D eigenvalue weighted by molar-refractivity contribution is 5.86. The highest BCUT2D eigenvalue weighted by Gasteiger charge is 2.17. The van der Waals surface area contributed by atoms with Crippen molar-refractivity contribution in [1.29, 1.82) is 0 Å². The topological polar surface area (TPSA) is 32.6 Å². The Bertz CT molecular complexity index is 452. The minimum atomic E-state index is -0.710. The zero-order valence-corrected chi connectivity index (χ0v) is 14.0. The van der Waals surface area contributed by atoms with Crippen LogP contribution in [-0.4, -0.2) is 16.4 Å². The van der Waals surface area contributed by atoms with Crippen LogP contribution in [0.5, 0.6) is 0 Å². The molecular formula is C18H29NO.